The van der Waals surface area contributed by atoms with Crippen LogP contribution in [0, 0.1) is 0 Å². The summed E-state index contributed by atoms with van der Waals surface area (Å²) in [6.45, 7) is 1.70. The number of aliphatic hydroxyl groups is 1. The molecule has 5 heteroatoms. The van der Waals surface area contributed by atoms with Gasteiger partial charge in [-0.05, 0) is 6.42 Å². The Morgan fingerprint density at radius 2 is 2.00 bits per heavy atom. The van der Waals surface area contributed by atoms with Crippen molar-refractivity contribution in [1.29, 1.82) is 0 Å². The molecular weight excluding hydrogens is 204 g/mol. The van der Waals surface area contributed by atoms with Crippen LogP contribution in [0.2, 0.25) is 0 Å². The zero-order valence-electron chi connectivity index (χ0n) is 9.01. The molecule has 0 heterocycles. The van der Waals surface area contributed by atoms with Gasteiger partial charge in [-0.25, -0.2) is 8.78 Å². The minimum absolute atomic E-state index is 0.272. The second-order valence-corrected chi connectivity index (χ2v) is 3.52. The van der Waals surface area contributed by atoms with Crippen LogP contribution < -0.4 is 5.32 Å². The van der Waals surface area contributed by atoms with Gasteiger partial charge in [0.05, 0.1) is 0 Å². The van der Waals surface area contributed by atoms with Crippen molar-refractivity contribution in [3.05, 3.63) is 0 Å². The van der Waals surface area contributed by atoms with Crippen molar-refractivity contribution < 1.29 is 18.7 Å². The number of amides is 1. The first-order valence-corrected chi connectivity index (χ1v) is 5.30. The van der Waals surface area contributed by atoms with E-state index in [9.17, 15) is 13.6 Å². The Labute approximate surface area is 88.9 Å². The molecule has 0 bridgehead atoms. The van der Waals surface area contributed by atoms with Crippen molar-refractivity contribution in [1.82, 2.24) is 5.32 Å². The first-order chi connectivity index (χ1) is 7.07. The third kappa shape index (κ3) is 8.30. The Morgan fingerprint density at radius 1 is 1.33 bits per heavy atom. The molecule has 1 unspecified atom stereocenters. The van der Waals surface area contributed by atoms with E-state index >= 15 is 0 Å². The van der Waals surface area contributed by atoms with Crippen molar-refractivity contribution in [2.45, 2.75) is 51.6 Å². The fraction of sp³-hybridized carbons (Fsp3) is 0.900. The zero-order valence-corrected chi connectivity index (χ0v) is 9.01. The minimum Gasteiger partial charge on any atom is -0.385 e. The van der Waals surface area contributed by atoms with Crippen molar-refractivity contribution in [2.75, 3.05) is 6.54 Å². The Hall–Kier alpha value is -0.710. The molecule has 0 saturated carbocycles. The number of hydrogen-bond acceptors (Lipinski definition) is 2. The predicted octanol–water partition coefficient (Wildman–Crippen LogP) is 1.70. The largest absolute Gasteiger partial charge is 0.385 e. The summed E-state index contributed by atoms with van der Waals surface area (Å²) in [6.07, 6.45) is -0.310. The van der Waals surface area contributed by atoms with Crippen LogP contribution in [0.3, 0.4) is 0 Å². The van der Waals surface area contributed by atoms with Gasteiger partial charge in [0.2, 0.25) is 5.91 Å². The third-order valence-electron chi connectivity index (χ3n) is 2.06. The number of nitrogens with one attached hydrogen (secondary N) is 1. The summed E-state index contributed by atoms with van der Waals surface area (Å²) >= 11 is 0. The Balaban J connectivity index is 3.41. The van der Waals surface area contributed by atoms with E-state index in [1.165, 1.54) is 0 Å². The summed E-state index contributed by atoms with van der Waals surface area (Å²) in [7, 11) is 0. The van der Waals surface area contributed by atoms with Crippen LogP contribution >= 0.6 is 0 Å². The van der Waals surface area contributed by atoms with E-state index in [4.69, 9.17) is 5.11 Å². The summed E-state index contributed by atoms with van der Waals surface area (Å²) in [5, 5.41) is 11.0. The topological polar surface area (TPSA) is 49.3 Å². The maximum Gasteiger partial charge on any atom is 0.265 e. The minimum atomic E-state index is -2.80. The number of alkyl halides is 2. The lowest BCUT2D eigenvalue weighted by atomic mass is 10.1. The average Bonchev–Trinajstić information content (AvgIpc) is 2.20. The summed E-state index contributed by atoms with van der Waals surface area (Å²) in [5.74, 6) is -0.272. The zero-order chi connectivity index (χ0) is 11.7. The molecule has 0 fully saturated rings. The molecule has 0 radical (unpaired) electrons. The monoisotopic (exact) mass is 223 g/mol. The van der Waals surface area contributed by atoms with Gasteiger partial charge in [-0.1, -0.05) is 26.2 Å². The quantitative estimate of drug-likeness (QED) is 0.615. The lowest BCUT2D eigenvalue weighted by Crippen LogP contribution is -2.35. The lowest BCUT2D eigenvalue weighted by molar-refractivity contribution is -0.122. The molecule has 0 spiro atoms. The van der Waals surface area contributed by atoms with Crippen molar-refractivity contribution in [2.24, 2.45) is 0 Å². The average molecular weight is 223 g/mol. The molecular formula is C10H19F2NO2. The standard InChI is InChI=1S/C10H19F2NO2/c1-2-3-4-5-6-9(15)13-7-8(14)10(11)12/h8,10,14H,2-7H2,1H3,(H,13,15). The van der Waals surface area contributed by atoms with Gasteiger partial charge >= 0.3 is 0 Å². The van der Waals surface area contributed by atoms with Crippen molar-refractivity contribution in [3.63, 3.8) is 0 Å². The van der Waals surface area contributed by atoms with E-state index in [0.29, 0.717) is 6.42 Å². The van der Waals surface area contributed by atoms with E-state index in [0.717, 1.165) is 25.7 Å². The van der Waals surface area contributed by atoms with Gasteiger partial charge in [0.25, 0.3) is 6.43 Å². The van der Waals surface area contributed by atoms with E-state index in [1.807, 2.05) is 0 Å². The van der Waals surface area contributed by atoms with E-state index in [1.54, 1.807) is 0 Å². The van der Waals surface area contributed by atoms with E-state index in [2.05, 4.69) is 12.2 Å². The van der Waals surface area contributed by atoms with Gasteiger partial charge in [-0.2, -0.15) is 0 Å². The van der Waals surface area contributed by atoms with Crippen LogP contribution in [0.25, 0.3) is 0 Å². The van der Waals surface area contributed by atoms with Gasteiger partial charge in [-0.3, -0.25) is 4.79 Å². The first kappa shape index (κ1) is 14.3. The van der Waals surface area contributed by atoms with Crippen LogP contribution in [0.5, 0.6) is 0 Å². The number of carbonyl (C=O) groups is 1. The normalized spacial score (nSPS) is 12.9. The fourth-order valence-electron chi connectivity index (χ4n) is 1.11. The molecule has 0 saturated heterocycles. The number of carbonyl (C=O) groups excluding carboxylic acids is 1. The molecule has 0 rings (SSSR count). The third-order valence-corrected chi connectivity index (χ3v) is 2.06. The molecule has 1 amide bonds. The highest BCUT2D eigenvalue weighted by molar-refractivity contribution is 5.75. The second kappa shape index (κ2) is 8.59. The fourth-order valence-corrected chi connectivity index (χ4v) is 1.11. The molecule has 0 aromatic rings. The number of unbranched alkanes of at least 4 members (excludes halogenated alkanes) is 3. The molecule has 90 valence electrons. The highest BCUT2D eigenvalue weighted by Gasteiger charge is 2.16. The van der Waals surface area contributed by atoms with Crippen LogP contribution in [0.15, 0.2) is 0 Å². The summed E-state index contributed by atoms with van der Waals surface area (Å²) < 4.78 is 23.7. The molecule has 0 aromatic carbocycles. The molecule has 15 heavy (non-hydrogen) atoms. The lowest BCUT2D eigenvalue weighted by Gasteiger charge is -2.10. The number of aliphatic hydroxyl groups excluding tert-OH is 1. The highest BCUT2D eigenvalue weighted by atomic mass is 19.3. The second-order valence-electron chi connectivity index (χ2n) is 3.52. The molecule has 0 aliphatic carbocycles. The summed E-state index contributed by atoms with van der Waals surface area (Å²) in [4.78, 5) is 11.1. The molecule has 2 N–H and O–H groups in total. The summed E-state index contributed by atoms with van der Waals surface area (Å²) in [5.41, 5.74) is 0. The number of hydrogen-bond donors (Lipinski definition) is 2. The van der Waals surface area contributed by atoms with Gasteiger partial charge in [0.1, 0.15) is 6.10 Å². The number of rotatable bonds is 8. The molecule has 0 aliphatic rings. The van der Waals surface area contributed by atoms with E-state index in [-0.39, 0.29) is 12.5 Å². The van der Waals surface area contributed by atoms with Crippen LogP contribution in [0.4, 0.5) is 8.78 Å². The Kier molecular flexibility index (Phi) is 8.18. The van der Waals surface area contributed by atoms with Crippen molar-refractivity contribution >= 4 is 5.91 Å². The molecule has 0 aliphatic heterocycles. The molecule has 1 atom stereocenters. The molecule has 0 aromatic heterocycles. The maximum absolute atomic E-state index is 11.8. The van der Waals surface area contributed by atoms with Crippen LogP contribution in [-0.2, 0) is 4.79 Å². The summed E-state index contributed by atoms with van der Waals surface area (Å²) in [6, 6.07) is 0. The SMILES string of the molecule is CCCCCCC(=O)NCC(O)C(F)F. The smallest absolute Gasteiger partial charge is 0.265 e. The van der Waals surface area contributed by atoms with Gasteiger partial charge in [0, 0.05) is 13.0 Å². The van der Waals surface area contributed by atoms with E-state index < -0.39 is 12.5 Å². The highest BCUT2D eigenvalue weighted by Crippen LogP contribution is 2.02. The van der Waals surface area contributed by atoms with Crippen LogP contribution in [-0.4, -0.2) is 30.1 Å². The number of halogens is 2. The van der Waals surface area contributed by atoms with Gasteiger partial charge < -0.3 is 10.4 Å². The van der Waals surface area contributed by atoms with Gasteiger partial charge in [-0.15, -0.1) is 0 Å². The van der Waals surface area contributed by atoms with Gasteiger partial charge in [0.15, 0.2) is 0 Å². The Bertz CT molecular complexity index is 177. The van der Waals surface area contributed by atoms with Crippen LogP contribution in [0.1, 0.15) is 39.0 Å². The maximum atomic E-state index is 11.8. The van der Waals surface area contributed by atoms with Crippen molar-refractivity contribution in [3.8, 4) is 0 Å². The Morgan fingerprint density at radius 3 is 2.53 bits per heavy atom. The predicted molar refractivity (Wildman–Crippen MR) is 53.8 cm³/mol. The first-order valence-electron chi connectivity index (χ1n) is 5.30. The molecule has 3 nitrogen and oxygen atoms in total.